The molecule has 0 heterocycles. The highest BCUT2D eigenvalue weighted by molar-refractivity contribution is 5.98. The van der Waals surface area contributed by atoms with Gasteiger partial charge in [0.05, 0.1) is 7.11 Å². The van der Waals surface area contributed by atoms with Crippen molar-refractivity contribution in [3.8, 4) is 0 Å². The molecule has 32 heavy (non-hydrogen) atoms. The molecule has 0 aliphatic heterocycles. The number of urea groups is 1. The van der Waals surface area contributed by atoms with Crippen molar-refractivity contribution in [1.82, 2.24) is 4.90 Å². The number of amides is 4. The van der Waals surface area contributed by atoms with Crippen molar-refractivity contribution in [3.63, 3.8) is 0 Å². The second kappa shape index (κ2) is 11.9. The molecule has 2 aromatic rings. The Morgan fingerprint density at radius 1 is 0.906 bits per heavy atom. The SMILES string of the molecule is CCC(C)CC(C)C(=O)Nc1ccc(Cc2ccc(NC(=O)N(C)C(=O)OC)cc2)cc1. The van der Waals surface area contributed by atoms with Gasteiger partial charge in [0.2, 0.25) is 5.91 Å². The average molecular weight is 440 g/mol. The van der Waals surface area contributed by atoms with Crippen LogP contribution in [0.3, 0.4) is 0 Å². The number of carbonyl (C=O) groups is 3. The van der Waals surface area contributed by atoms with Crippen LogP contribution in [-0.2, 0) is 16.0 Å². The first-order valence-corrected chi connectivity index (χ1v) is 10.8. The number of nitrogens with zero attached hydrogens (tertiary/aromatic N) is 1. The summed E-state index contributed by atoms with van der Waals surface area (Å²) in [5.74, 6) is 0.566. The third-order valence-electron chi connectivity index (χ3n) is 5.49. The molecule has 2 atom stereocenters. The number of rotatable bonds is 8. The molecule has 172 valence electrons. The highest BCUT2D eigenvalue weighted by Crippen LogP contribution is 2.19. The molecule has 0 spiro atoms. The quantitative estimate of drug-likeness (QED) is 0.567. The van der Waals surface area contributed by atoms with Gasteiger partial charge in [-0.1, -0.05) is 51.5 Å². The molecule has 0 fully saturated rings. The van der Waals surface area contributed by atoms with Gasteiger partial charge in [0.1, 0.15) is 0 Å². The molecule has 0 radical (unpaired) electrons. The van der Waals surface area contributed by atoms with Gasteiger partial charge in [-0.3, -0.25) is 4.79 Å². The second-order valence-electron chi connectivity index (χ2n) is 8.17. The largest absolute Gasteiger partial charge is 0.452 e. The fraction of sp³-hybridized carbons (Fsp3) is 0.400. The predicted octanol–water partition coefficient (Wildman–Crippen LogP) is 5.52. The van der Waals surface area contributed by atoms with Crippen LogP contribution in [0.5, 0.6) is 0 Å². The van der Waals surface area contributed by atoms with E-state index in [0.29, 0.717) is 11.6 Å². The molecule has 0 aromatic heterocycles. The molecule has 7 heteroatoms. The van der Waals surface area contributed by atoms with Crippen molar-refractivity contribution in [3.05, 3.63) is 59.7 Å². The van der Waals surface area contributed by atoms with Crippen LogP contribution in [0.15, 0.2) is 48.5 Å². The second-order valence-corrected chi connectivity index (χ2v) is 8.17. The van der Waals surface area contributed by atoms with E-state index in [9.17, 15) is 14.4 Å². The van der Waals surface area contributed by atoms with Crippen LogP contribution >= 0.6 is 0 Å². The van der Waals surface area contributed by atoms with E-state index >= 15 is 0 Å². The number of ether oxygens (including phenoxy) is 1. The fourth-order valence-corrected chi connectivity index (χ4v) is 3.22. The van der Waals surface area contributed by atoms with E-state index in [0.717, 1.165) is 41.0 Å². The Kier molecular flexibility index (Phi) is 9.25. The molecule has 2 rings (SSSR count). The van der Waals surface area contributed by atoms with Crippen LogP contribution < -0.4 is 10.6 Å². The molecule has 0 aliphatic rings. The average Bonchev–Trinajstić information content (AvgIpc) is 2.80. The predicted molar refractivity (Wildman–Crippen MR) is 127 cm³/mol. The van der Waals surface area contributed by atoms with Gasteiger partial charge in [0.25, 0.3) is 0 Å². The van der Waals surface area contributed by atoms with E-state index in [1.165, 1.54) is 14.2 Å². The Hall–Kier alpha value is -3.35. The molecule has 7 nitrogen and oxygen atoms in total. The maximum atomic E-state index is 12.4. The molecule has 2 aromatic carbocycles. The zero-order valence-electron chi connectivity index (χ0n) is 19.5. The van der Waals surface area contributed by atoms with Crippen LogP contribution in [0, 0.1) is 11.8 Å². The summed E-state index contributed by atoms with van der Waals surface area (Å²) < 4.78 is 4.52. The molecule has 4 amide bonds. The van der Waals surface area contributed by atoms with Crippen molar-refractivity contribution in [2.24, 2.45) is 11.8 Å². The third-order valence-corrected chi connectivity index (χ3v) is 5.49. The summed E-state index contributed by atoms with van der Waals surface area (Å²) in [5.41, 5.74) is 3.56. The topological polar surface area (TPSA) is 87.7 Å². The lowest BCUT2D eigenvalue weighted by molar-refractivity contribution is -0.119. The minimum Gasteiger partial charge on any atom is -0.452 e. The lowest BCUT2D eigenvalue weighted by atomic mass is 9.95. The Bertz CT molecular complexity index is 910. The van der Waals surface area contributed by atoms with E-state index < -0.39 is 12.1 Å². The molecular weight excluding hydrogens is 406 g/mol. The van der Waals surface area contributed by atoms with Gasteiger partial charge in [-0.05, 0) is 54.2 Å². The Morgan fingerprint density at radius 3 is 1.88 bits per heavy atom. The molecule has 0 saturated heterocycles. The Labute approximate surface area is 190 Å². The van der Waals surface area contributed by atoms with Crippen molar-refractivity contribution in [2.45, 2.75) is 40.0 Å². The van der Waals surface area contributed by atoms with Gasteiger partial charge in [-0.15, -0.1) is 0 Å². The van der Waals surface area contributed by atoms with E-state index in [2.05, 4.69) is 29.2 Å². The highest BCUT2D eigenvalue weighted by Gasteiger charge is 2.17. The standard InChI is InChI=1S/C25H33N3O4/c1-6-17(2)15-18(3)23(29)26-21-11-7-19(8-12-21)16-20-9-13-22(14-10-20)27-24(30)28(4)25(31)32-5/h7-14,17-18H,6,15-16H2,1-5H3,(H,26,29)(H,27,30). The molecule has 0 aliphatic carbocycles. The normalized spacial score (nSPS) is 12.4. The van der Waals surface area contributed by atoms with Gasteiger partial charge in [-0.2, -0.15) is 0 Å². The first-order chi connectivity index (χ1) is 15.2. The first-order valence-electron chi connectivity index (χ1n) is 10.8. The lowest BCUT2D eigenvalue weighted by Gasteiger charge is -2.16. The summed E-state index contributed by atoms with van der Waals surface area (Å²) in [6.45, 7) is 6.27. The minimum atomic E-state index is -0.733. The van der Waals surface area contributed by atoms with Crippen molar-refractivity contribution < 1.29 is 19.1 Å². The van der Waals surface area contributed by atoms with Gasteiger partial charge in [0, 0.05) is 24.3 Å². The van der Waals surface area contributed by atoms with Gasteiger partial charge in [-0.25, -0.2) is 14.5 Å². The monoisotopic (exact) mass is 439 g/mol. The van der Waals surface area contributed by atoms with Gasteiger partial charge < -0.3 is 15.4 Å². The van der Waals surface area contributed by atoms with Gasteiger partial charge in [0.15, 0.2) is 0 Å². The summed E-state index contributed by atoms with van der Waals surface area (Å²) in [7, 11) is 2.56. The number of hydrogen-bond donors (Lipinski definition) is 2. The molecule has 2 N–H and O–H groups in total. The zero-order valence-corrected chi connectivity index (χ0v) is 19.5. The van der Waals surface area contributed by atoms with Gasteiger partial charge >= 0.3 is 12.1 Å². The summed E-state index contributed by atoms with van der Waals surface area (Å²) in [6.07, 6.45) is 1.94. The minimum absolute atomic E-state index is 0.0176. The number of nitrogens with one attached hydrogen (secondary N) is 2. The maximum Gasteiger partial charge on any atom is 0.417 e. The van der Waals surface area contributed by atoms with Crippen molar-refractivity contribution in [1.29, 1.82) is 0 Å². The maximum absolute atomic E-state index is 12.4. The molecule has 0 bridgehead atoms. The van der Waals surface area contributed by atoms with E-state index in [1.807, 2.05) is 43.3 Å². The summed E-state index contributed by atoms with van der Waals surface area (Å²) in [6, 6.07) is 14.7. The van der Waals surface area contributed by atoms with Crippen LogP contribution in [0.2, 0.25) is 0 Å². The van der Waals surface area contributed by atoms with Crippen molar-refractivity contribution >= 4 is 29.4 Å². The zero-order chi connectivity index (χ0) is 23.7. The first kappa shape index (κ1) is 24.9. The summed E-state index contributed by atoms with van der Waals surface area (Å²) in [4.78, 5) is 36.6. The number of carbonyl (C=O) groups excluding carboxylic acids is 3. The third kappa shape index (κ3) is 7.41. The van der Waals surface area contributed by atoms with E-state index in [-0.39, 0.29) is 11.8 Å². The molecule has 2 unspecified atom stereocenters. The van der Waals surface area contributed by atoms with E-state index in [1.54, 1.807) is 12.1 Å². The molecular formula is C25H33N3O4. The van der Waals surface area contributed by atoms with Crippen LogP contribution in [0.4, 0.5) is 21.0 Å². The van der Waals surface area contributed by atoms with Crippen LogP contribution in [0.25, 0.3) is 0 Å². The molecule has 0 saturated carbocycles. The highest BCUT2D eigenvalue weighted by atomic mass is 16.5. The Morgan fingerprint density at radius 2 is 1.41 bits per heavy atom. The number of benzene rings is 2. The smallest absolute Gasteiger partial charge is 0.417 e. The van der Waals surface area contributed by atoms with Crippen molar-refractivity contribution in [2.75, 3.05) is 24.8 Å². The fourth-order valence-electron chi connectivity index (χ4n) is 3.22. The Balaban J connectivity index is 1.90. The lowest BCUT2D eigenvalue weighted by Crippen LogP contribution is -2.36. The number of methoxy groups -OCH3 is 1. The van der Waals surface area contributed by atoms with E-state index in [4.69, 9.17) is 0 Å². The number of hydrogen-bond acceptors (Lipinski definition) is 4. The van der Waals surface area contributed by atoms with Crippen LogP contribution in [0.1, 0.15) is 44.7 Å². The number of anilines is 2. The van der Waals surface area contributed by atoms with Crippen LogP contribution in [-0.4, -0.2) is 37.1 Å². The summed E-state index contributed by atoms with van der Waals surface area (Å²) in [5, 5.41) is 5.64. The summed E-state index contributed by atoms with van der Waals surface area (Å²) >= 11 is 0. The number of imide groups is 1.